The van der Waals surface area contributed by atoms with Crippen LogP contribution in [0.3, 0.4) is 0 Å². The third-order valence-electron chi connectivity index (χ3n) is 4.94. The van der Waals surface area contributed by atoms with Crippen molar-refractivity contribution in [3.63, 3.8) is 0 Å². The third-order valence-corrected chi connectivity index (χ3v) is 4.94. The fraction of sp³-hybridized carbons (Fsp3) is 1.00. The van der Waals surface area contributed by atoms with Crippen LogP contribution in [-0.4, -0.2) is 42.7 Å². The van der Waals surface area contributed by atoms with Gasteiger partial charge in [0, 0.05) is 31.2 Å². The summed E-state index contributed by atoms with van der Waals surface area (Å²) in [4.78, 5) is 2.69. The second kappa shape index (κ2) is 5.25. The van der Waals surface area contributed by atoms with E-state index in [9.17, 15) is 0 Å². The topological polar surface area (TPSA) is 41.3 Å². The quantitative estimate of drug-likeness (QED) is 0.775. The molecular formula is C14H27N3. The molecule has 17 heavy (non-hydrogen) atoms. The van der Waals surface area contributed by atoms with Crippen LogP contribution < -0.4 is 11.1 Å². The Morgan fingerprint density at radius 2 is 1.88 bits per heavy atom. The molecule has 3 rings (SSSR count). The van der Waals surface area contributed by atoms with Crippen molar-refractivity contribution in [2.75, 3.05) is 19.6 Å². The van der Waals surface area contributed by atoms with Gasteiger partial charge in [-0.15, -0.1) is 0 Å². The summed E-state index contributed by atoms with van der Waals surface area (Å²) in [5.74, 6) is 0.735. The molecule has 3 fully saturated rings. The summed E-state index contributed by atoms with van der Waals surface area (Å²) in [5.41, 5.74) is 5.90. The zero-order chi connectivity index (χ0) is 11.7. The summed E-state index contributed by atoms with van der Waals surface area (Å²) < 4.78 is 0. The zero-order valence-electron chi connectivity index (χ0n) is 10.9. The Bertz CT molecular complexity index is 252. The fourth-order valence-corrected chi connectivity index (χ4v) is 3.71. The molecule has 0 amide bonds. The van der Waals surface area contributed by atoms with Crippen molar-refractivity contribution >= 4 is 0 Å². The maximum absolute atomic E-state index is 5.90. The second-order valence-corrected chi connectivity index (χ2v) is 6.27. The third kappa shape index (κ3) is 2.83. The predicted octanol–water partition coefficient (Wildman–Crippen LogP) is 1.33. The van der Waals surface area contributed by atoms with Crippen molar-refractivity contribution in [2.45, 2.75) is 63.1 Å². The van der Waals surface area contributed by atoms with Crippen LogP contribution in [0, 0.1) is 5.92 Å². The summed E-state index contributed by atoms with van der Waals surface area (Å²) in [6.45, 7) is 3.48. The molecule has 1 aliphatic heterocycles. The Morgan fingerprint density at radius 1 is 1.06 bits per heavy atom. The van der Waals surface area contributed by atoms with Crippen molar-refractivity contribution in [2.24, 2.45) is 11.7 Å². The van der Waals surface area contributed by atoms with Gasteiger partial charge in [0.1, 0.15) is 0 Å². The van der Waals surface area contributed by atoms with Gasteiger partial charge in [0.25, 0.3) is 0 Å². The molecule has 3 unspecified atom stereocenters. The van der Waals surface area contributed by atoms with E-state index < -0.39 is 0 Å². The molecule has 3 aliphatic rings. The second-order valence-electron chi connectivity index (χ2n) is 6.27. The molecule has 1 saturated heterocycles. The van der Waals surface area contributed by atoms with E-state index in [0.717, 1.165) is 24.5 Å². The molecule has 0 spiro atoms. The minimum absolute atomic E-state index is 0.706. The molecule has 2 aliphatic carbocycles. The van der Waals surface area contributed by atoms with Crippen LogP contribution in [0.15, 0.2) is 0 Å². The minimum atomic E-state index is 0.706. The first-order valence-electron chi connectivity index (χ1n) is 7.57. The number of likely N-dealkylation sites (tertiary alicyclic amines) is 1. The highest BCUT2D eigenvalue weighted by Gasteiger charge is 2.35. The number of nitrogens with zero attached hydrogens (tertiary/aromatic N) is 1. The van der Waals surface area contributed by atoms with Gasteiger partial charge < -0.3 is 11.1 Å². The standard InChI is InChI=1S/C14H27N3/c15-9-11-3-1-2-4-14(11)16-12-7-8-17(10-12)13-5-6-13/h11-14,16H,1-10,15H2. The Kier molecular flexibility index (Phi) is 3.69. The van der Waals surface area contributed by atoms with E-state index in [2.05, 4.69) is 10.2 Å². The molecule has 3 heteroatoms. The van der Waals surface area contributed by atoms with E-state index in [1.807, 2.05) is 0 Å². The summed E-state index contributed by atoms with van der Waals surface area (Å²) >= 11 is 0. The van der Waals surface area contributed by atoms with Gasteiger partial charge in [0.15, 0.2) is 0 Å². The van der Waals surface area contributed by atoms with Gasteiger partial charge in [-0.3, -0.25) is 4.90 Å². The normalized spacial score (nSPS) is 39.7. The largest absolute Gasteiger partial charge is 0.330 e. The summed E-state index contributed by atoms with van der Waals surface area (Å²) in [5, 5.41) is 3.91. The fourth-order valence-electron chi connectivity index (χ4n) is 3.71. The lowest BCUT2D eigenvalue weighted by atomic mass is 9.84. The van der Waals surface area contributed by atoms with Crippen LogP contribution in [-0.2, 0) is 0 Å². The van der Waals surface area contributed by atoms with Gasteiger partial charge in [-0.05, 0) is 44.6 Å². The monoisotopic (exact) mass is 237 g/mol. The van der Waals surface area contributed by atoms with E-state index in [-0.39, 0.29) is 0 Å². The van der Waals surface area contributed by atoms with E-state index in [1.165, 1.54) is 58.0 Å². The molecule has 0 bridgehead atoms. The number of nitrogens with one attached hydrogen (secondary N) is 1. The first kappa shape index (κ1) is 11.9. The van der Waals surface area contributed by atoms with Gasteiger partial charge in [-0.2, -0.15) is 0 Å². The molecule has 2 saturated carbocycles. The highest BCUT2D eigenvalue weighted by atomic mass is 15.2. The molecule has 3 atom stereocenters. The highest BCUT2D eigenvalue weighted by Crippen LogP contribution is 2.31. The zero-order valence-corrected chi connectivity index (χ0v) is 10.9. The smallest absolute Gasteiger partial charge is 0.0210 e. The SMILES string of the molecule is NCC1CCCCC1NC1CCN(C2CC2)C1. The Hall–Kier alpha value is -0.120. The lowest BCUT2D eigenvalue weighted by molar-refractivity contribution is 0.241. The molecule has 3 N–H and O–H groups in total. The average Bonchev–Trinajstić information content (AvgIpc) is 3.11. The summed E-state index contributed by atoms with van der Waals surface area (Å²) in [7, 11) is 0. The summed E-state index contributed by atoms with van der Waals surface area (Å²) in [6.07, 6.45) is 9.72. The van der Waals surface area contributed by atoms with Crippen molar-refractivity contribution in [1.82, 2.24) is 10.2 Å². The van der Waals surface area contributed by atoms with Gasteiger partial charge in [-0.25, -0.2) is 0 Å². The van der Waals surface area contributed by atoms with Crippen molar-refractivity contribution in [1.29, 1.82) is 0 Å². The average molecular weight is 237 g/mol. The maximum atomic E-state index is 5.90. The lowest BCUT2D eigenvalue weighted by Crippen LogP contribution is -2.47. The molecule has 98 valence electrons. The number of rotatable bonds is 4. The molecular weight excluding hydrogens is 210 g/mol. The lowest BCUT2D eigenvalue weighted by Gasteiger charge is -2.33. The van der Waals surface area contributed by atoms with Gasteiger partial charge in [0.05, 0.1) is 0 Å². The molecule has 0 aromatic heterocycles. The van der Waals surface area contributed by atoms with E-state index in [1.54, 1.807) is 0 Å². The molecule has 0 radical (unpaired) electrons. The van der Waals surface area contributed by atoms with Crippen LogP contribution in [0.1, 0.15) is 44.9 Å². The van der Waals surface area contributed by atoms with Gasteiger partial charge in [-0.1, -0.05) is 12.8 Å². The van der Waals surface area contributed by atoms with Crippen LogP contribution in [0.25, 0.3) is 0 Å². The van der Waals surface area contributed by atoms with Crippen LogP contribution >= 0.6 is 0 Å². The van der Waals surface area contributed by atoms with Crippen LogP contribution in [0.5, 0.6) is 0 Å². The van der Waals surface area contributed by atoms with Crippen molar-refractivity contribution in [3.8, 4) is 0 Å². The summed E-state index contributed by atoms with van der Waals surface area (Å²) in [6, 6.07) is 2.39. The van der Waals surface area contributed by atoms with Crippen molar-refractivity contribution in [3.05, 3.63) is 0 Å². The van der Waals surface area contributed by atoms with E-state index >= 15 is 0 Å². The highest BCUT2D eigenvalue weighted by molar-refractivity contribution is 4.94. The van der Waals surface area contributed by atoms with Gasteiger partial charge in [0.2, 0.25) is 0 Å². The maximum Gasteiger partial charge on any atom is 0.0210 e. The number of hydrogen-bond donors (Lipinski definition) is 2. The van der Waals surface area contributed by atoms with Crippen LogP contribution in [0.4, 0.5) is 0 Å². The Balaban J connectivity index is 1.48. The van der Waals surface area contributed by atoms with E-state index in [0.29, 0.717) is 6.04 Å². The molecule has 0 aromatic carbocycles. The molecule has 1 heterocycles. The Morgan fingerprint density at radius 3 is 2.65 bits per heavy atom. The Labute approximate surface area is 105 Å². The number of nitrogens with two attached hydrogens (primary N) is 1. The van der Waals surface area contributed by atoms with Crippen molar-refractivity contribution < 1.29 is 0 Å². The predicted molar refractivity (Wildman–Crippen MR) is 70.9 cm³/mol. The first-order chi connectivity index (χ1) is 8.36. The minimum Gasteiger partial charge on any atom is -0.330 e. The molecule has 3 nitrogen and oxygen atoms in total. The van der Waals surface area contributed by atoms with Crippen LogP contribution in [0.2, 0.25) is 0 Å². The van der Waals surface area contributed by atoms with E-state index in [4.69, 9.17) is 5.73 Å². The van der Waals surface area contributed by atoms with Gasteiger partial charge >= 0.3 is 0 Å². The molecule has 0 aromatic rings. The first-order valence-corrected chi connectivity index (χ1v) is 7.57. The number of hydrogen-bond acceptors (Lipinski definition) is 3.